The van der Waals surface area contributed by atoms with E-state index in [0.29, 0.717) is 12.5 Å². The highest BCUT2D eigenvalue weighted by Crippen LogP contribution is 2.28. The minimum atomic E-state index is 0. The molecule has 0 saturated heterocycles. The van der Waals surface area contributed by atoms with Crippen molar-refractivity contribution < 1.29 is 4.74 Å². The highest BCUT2D eigenvalue weighted by molar-refractivity contribution is 6.31. The average molecular weight is 346 g/mol. The van der Waals surface area contributed by atoms with Gasteiger partial charge in [-0.2, -0.15) is 0 Å². The molecule has 0 saturated carbocycles. The molecule has 0 amide bonds. The maximum atomic E-state index is 6.11. The molecule has 0 unspecified atom stereocenters. The predicted octanol–water partition coefficient (Wildman–Crippen LogP) is 4.24. The van der Waals surface area contributed by atoms with Crippen LogP contribution in [0.25, 0.3) is 10.9 Å². The summed E-state index contributed by atoms with van der Waals surface area (Å²) in [6.07, 6.45) is 3.24. The highest BCUT2D eigenvalue weighted by atomic mass is 35.5. The minimum Gasteiger partial charge on any atom is -0.476 e. The molecule has 1 aromatic heterocycles. The number of hydrogen-bond acceptors (Lipinski definition) is 3. The molecule has 0 aliphatic carbocycles. The second-order valence-corrected chi connectivity index (χ2v) is 5.99. The summed E-state index contributed by atoms with van der Waals surface area (Å²) >= 11 is 6.11. The van der Waals surface area contributed by atoms with Gasteiger partial charge in [-0.25, -0.2) is 0 Å². The molecule has 4 nitrogen and oxygen atoms in total. The first-order valence-corrected chi connectivity index (χ1v) is 7.93. The van der Waals surface area contributed by atoms with Gasteiger partial charge < -0.3 is 9.64 Å². The number of unbranched alkanes of at least 4 members (excludes halogenated alkanes) is 1. The molecule has 2 aromatic rings. The fraction of sp³-hybridized carbons (Fsp3) is 0.562. The topological polar surface area (TPSA) is 30.3 Å². The molecule has 6 heteroatoms. The lowest BCUT2D eigenvalue weighted by molar-refractivity contribution is 0.272. The molecule has 0 aliphatic heterocycles. The van der Waals surface area contributed by atoms with Gasteiger partial charge in [0.15, 0.2) is 0 Å². The number of fused-ring (bicyclic) bond motifs is 1. The largest absolute Gasteiger partial charge is 0.476 e. The van der Waals surface area contributed by atoms with Crippen LogP contribution in [-0.4, -0.2) is 41.9 Å². The van der Waals surface area contributed by atoms with E-state index in [1.165, 1.54) is 0 Å². The third kappa shape index (κ3) is 5.04. The lowest BCUT2D eigenvalue weighted by Gasteiger charge is -2.09. The van der Waals surface area contributed by atoms with Crippen LogP contribution in [0.3, 0.4) is 0 Å². The van der Waals surface area contributed by atoms with E-state index in [0.717, 1.165) is 48.3 Å². The third-order valence-electron chi connectivity index (χ3n) is 3.39. The lowest BCUT2D eigenvalue weighted by Crippen LogP contribution is -2.15. The van der Waals surface area contributed by atoms with E-state index in [-0.39, 0.29) is 12.4 Å². The van der Waals surface area contributed by atoms with Crippen molar-refractivity contribution in [2.75, 3.05) is 27.2 Å². The fourth-order valence-corrected chi connectivity index (χ4v) is 2.43. The van der Waals surface area contributed by atoms with Gasteiger partial charge in [0.25, 0.3) is 0 Å². The molecular weight excluding hydrogens is 321 g/mol. The summed E-state index contributed by atoms with van der Waals surface area (Å²) < 4.78 is 7.89. The Morgan fingerprint density at radius 1 is 1.27 bits per heavy atom. The van der Waals surface area contributed by atoms with Crippen LogP contribution in [0.15, 0.2) is 18.2 Å². The van der Waals surface area contributed by atoms with Crippen LogP contribution in [0.2, 0.25) is 5.02 Å². The van der Waals surface area contributed by atoms with Crippen LogP contribution in [-0.2, 0) is 6.54 Å². The molecule has 2 rings (SSSR count). The number of halogens is 2. The second kappa shape index (κ2) is 9.23. The molecule has 0 spiro atoms. The maximum Gasteiger partial charge on any atom is 0.240 e. The van der Waals surface area contributed by atoms with E-state index in [9.17, 15) is 0 Å². The van der Waals surface area contributed by atoms with Gasteiger partial charge in [-0.05, 0) is 45.1 Å². The summed E-state index contributed by atoms with van der Waals surface area (Å²) in [6, 6.07) is 5.87. The first-order valence-electron chi connectivity index (χ1n) is 7.55. The van der Waals surface area contributed by atoms with Crippen LogP contribution in [0.4, 0.5) is 0 Å². The Bertz CT molecular complexity index is 584. The monoisotopic (exact) mass is 345 g/mol. The van der Waals surface area contributed by atoms with Gasteiger partial charge in [-0.3, -0.25) is 4.68 Å². The van der Waals surface area contributed by atoms with Crippen molar-refractivity contribution in [3.8, 4) is 5.88 Å². The van der Waals surface area contributed by atoms with Crippen LogP contribution >= 0.6 is 24.0 Å². The maximum absolute atomic E-state index is 6.11. The van der Waals surface area contributed by atoms with Crippen molar-refractivity contribution in [1.29, 1.82) is 0 Å². The molecule has 1 heterocycles. The van der Waals surface area contributed by atoms with Crippen LogP contribution < -0.4 is 4.74 Å². The van der Waals surface area contributed by atoms with Gasteiger partial charge in [0.05, 0.1) is 17.5 Å². The van der Waals surface area contributed by atoms with Crippen molar-refractivity contribution in [1.82, 2.24) is 14.7 Å². The van der Waals surface area contributed by atoms with Gasteiger partial charge in [0.1, 0.15) is 0 Å². The molecule has 1 aromatic carbocycles. The summed E-state index contributed by atoms with van der Waals surface area (Å²) in [7, 11) is 4.13. The van der Waals surface area contributed by atoms with Crippen LogP contribution in [0, 0.1) is 0 Å². The molecule has 0 aliphatic rings. The third-order valence-corrected chi connectivity index (χ3v) is 3.63. The Balaban J connectivity index is 0.00000242. The molecular formula is C16H25Cl2N3O. The van der Waals surface area contributed by atoms with Crippen molar-refractivity contribution in [3.05, 3.63) is 23.2 Å². The SMILES string of the molecule is CCCCn1nc(OCCCN(C)C)c2cc(Cl)ccc21.Cl. The second-order valence-electron chi connectivity index (χ2n) is 5.55. The standard InChI is InChI=1S/C16H24ClN3O.ClH/c1-4-5-10-20-15-8-7-13(17)12-14(15)16(18-20)21-11-6-9-19(2)3;/h7-8,12H,4-6,9-11H2,1-3H3;1H. The molecule has 0 bridgehead atoms. The van der Waals surface area contributed by atoms with E-state index in [1.54, 1.807) is 0 Å². The Kier molecular flexibility index (Phi) is 8.01. The minimum absolute atomic E-state index is 0. The Hall–Kier alpha value is -0.970. The van der Waals surface area contributed by atoms with Crippen LogP contribution in [0.1, 0.15) is 26.2 Å². The Morgan fingerprint density at radius 3 is 2.73 bits per heavy atom. The van der Waals surface area contributed by atoms with E-state index in [1.807, 2.05) is 22.9 Å². The van der Waals surface area contributed by atoms with Crippen molar-refractivity contribution in [2.45, 2.75) is 32.7 Å². The van der Waals surface area contributed by atoms with Gasteiger partial charge in [-0.15, -0.1) is 17.5 Å². The summed E-state index contributed by atoms with van der Waals surface area (Å²) in [5, 5.41) is 6.33. The number of nitrogens with zero attached hydrogens (tertiary/aromatic N) is 3. The average Bonchev–Trinajstić information content (AvgIpc) is 2.78. The highest BCUT2D eigenvalue weighted by Gasteiger charge is 2.12. The normalized spacial score (nSPS) is 11.0. The molecule has 0 fully saturated rings. The zero-order valence-corrected chi connectivity index (χ0v) is 15.1. The van der Waals surface area contributed by atoms with Crippen molar-refractivity contribution in [2.24, 2.45) is 0 Å². The predicted molar refractivity (Wildman–Crippen MR) is 95.6 cm³/mol. The summed E-state index contributed by atoms with van der Waals surface area (Å²) in [4.78, 5) is 2.15. The molecule has 0 atom stereocenters. The summed E-state index contributed by atoms with van der Waals surface area (Å²) in [6.45, 7) is 4.77. The smallest absolute Gasteiger partial charge is 0.240 e. The Morgan fingerprint density at radius 2 is 2.05 bits per heavy atom. The number of rotatable bonds is 8. The van der Waals surface area contributed by atoms with Gasteiger partial charge >= 0.3 is 0 Å². The molecule has 0 radical (unpaired) electrons. The van der Waals surface area contributed by atoms with Gasteiger partial charge in [-0.1, -0.05) is 24.9 Å². The first kappa shape index (κ1) is 19.1. The molecule has 22 heavy (non-hydrogen) atoms. The van der Waals surface area contributed by atoms with E-state index in [2.05, 4.69) is 31.0 Å². The number of aryl methyl sites for hydroxylation is 1. The summed E-state index contributed by atoms with van der Waals surface area (Å²) in [5.74, 6) is 0.697. The van der Waals surface area contributed by atoms with Gasteiger partial charge in [0.2, 0.25) is 5.88 Å². The summed E-state index contributed by atoms with van der Waals surface area (Å²) in [5.41, 5.74) is 1.09. The number of hydrogen-bond donors (Lipinski definition) is 0. The number of aromatic nitrogens is 2. The fourth-order valence-electron chi connectivity index (χ4n) is 2.26. The zero-order valence-electron chi connectivity index (χ0n) is 13.5. The lowest BCUT2D eigenvalue weighted by atomic mass is 10.2. The number of benzene rings is 1. The van der Waals surface area contributed by atoms with E-state index < -0.39 is 0 Å². The quantitative estimate of drug-likeness (QED) is 0.670. The van der Waals surface area contributed by atoms with E-state index in [4.69, 9.17) is 16.3 Å². The Labute approximate surface area is 143 Å². The number of ether oxygens (including phenoxy) is 1. The first-order chi connectivity index (χ1) is 10.1. The van der Waals surface area contributed by atoms with E-state index >= 15 is 0 Å². The van der Waals surface area contributed by atoms with Crippen molar-refractivity contribution in [3.63, 3.8) is 0 Å². The van der Waals surface area contributed by atoms with Gasteiger partial charge in [0, 0.05) is 18.1 Å². The van der Waals surface area contributed by atoms with Crippen LogP contribution in [0.5, 0.6) is 5.88 Å². The zero-order chi connectivity index (χ0) is 15.2. The van der Waals surface area contributed by atoms with Crippen molar-refractivity contribution >= 4 is 34.9 Å². The molecule has 124 valence electrons. The molecule has 0 N–H and O–H groups in total.